The van der Waals surface area contributed by atoms with Crippen molar-refractivity contribution in [3.05, 3.63) is 0 Å². The molecule has 0 aromatic heterocycles. The second-order valence-electron chi connectivity index (χ2n) is 3.93. The average molecular weight is 262 g/mol. The molecule has 0 rings (SSSR count). The van der Waals surface area contributed by atoms with Gasteiger partial charge in [0.15, 0.2) is 6.04 Å². The van der Waals surface area contributed by atoms with E-state index < -0.39 is 49.1 Å². The lowest BCUT2D eigenvalue weighted by Gasteiger charge is -2.18. The van der Waals surface area contributed by atoms with Gasteiger partial charge in [0.05, 0.1) is 25.2 Å². The fourth-order valence-electron chi connectivity index (χ4n) is 1.05. The molecule has 0 aliphatic heterocycles. The molecule has 8 heteroatoms. The van der Waals surface area contributed by atoms with Gasteiger partial charge in [0.2, 0.25) is 5.91 Å². The number of aliphatic carboxylic acids is 1. The topological polar surface area (TPSA) is 139 Å². The number of amides is 1. The number of ether oxygens (including phenoxy) is 1. The van der Waals surface area contributed by atoms with E-state index in [-0.39, 0.29) is 0 Å². The lowest BCUT2D eigenvalue weighted by Crippen LogP contribution is -2.51. The van der Waals surface area contributed by atoms with Gasteiger partial charge >= 0.3 is 11.9 Å². The number of hydrogen-bond donors (Lipinski definition) is 4. The predicted octanol–water partition coefficient (Wildman–Crippen LogP) is -1.78. The van der Waals surface area contributed by atoms with Gasteiger partial charge in [0.25, 0.3) is 0 Å². The molecule has 0 fully saturated rings. The monoisotopic (exact) mass is 262 g/mol. The first-order chi connectivity index (χ1) is 8.27. The molecule has 0 aliphatic carbocycles. The van der Waals surface area contributed by atoms with E-state index in [0.29, 0.717) is 0 Å². The zero-order valence-corrected chi connectivity index (χ0v) is 10.3. The lowest BCUT2D eigenvalue weighted by molar-refractivity contribution is -0.152. The highest BCUT2D eigenvalue weighted by Gasteiger charge is 2.25. The Morgan fingerprint density at radius 3 is 2.28 bits per heavy atom. The molecule has 0 spiro atoms. The van der Waals surface area contributed by atoms with Gasteiger partial charge in [-0.3, -0.25) is 9.59 Å². The second-order valence-corrected chi connectivity index (χ2v) is 3.93. The minimum atomic E-state index is -1.29. The molecule has 18 heavy (non-hydrogen) atoms. The van der Waals surface area contributed by atoms with Gasteiger partial charge in [-0.15, -0.1) is 0 Å². The molecule has 0 unspecified atom stereocenters. The minimum absolute atomic E-state index is 0.392. The van der Waals surface area contributed by atoms with Crippen molar-refractivity contribution in [1.29, 1.82) is 0 Å². The Morgan fingerprint density at radius 1 is 1.33 bits per heavy atom. The van der Waals surface area contributed by atoms with Crippen LogP contribution in [0.3, 0.4) is 0 Å². The number of carboxylic acids is 1. The number of nitrogens with one attached hydrogen (secondary N) is 1. The average Bonchev–Trinajstić information content (AvgIpc) is 2.23. The molecule has 0 bridgehead atoms. The van der Waals surface area contributed by atoms with E-state index in [9.17, 15) is 14.4 Å². The summed E-state index contributed by atoms with van der Waals surface area (Å²) in [6.45, 7) is 2.58. The van der Waals surface area contributed by atoms with Crippen molar-refractivity contribution < 1.29 is 29.3 Å². The summed E-state index contributed by atoms with van der Waals surface area (Å²) in [5.74, 6) is -2.87. The number of aliphatic hydroxyl groups is 1. The van der Waals surface area contributed by atoms with E-state index in [4.69, 9.17) is 20.7 Å². The van der Waals surface area contributed by atoms with E-state index in [1.165, 1.54) is 0 Å². The summed E-state index contributed by atoms with van der Waals surface area (Å²) in [6.07, 6.45) is -0.959. The third kappa shape index (κ3) is 6.16. The molecular weight excluding hydrogens is 244 g/mol. The van der Waals surface area contributed by atoms with E-state index >= 15 is 0 Å². The van der Waals surface area contributed by atoms with Crippen molar-refractivity contribution >= 4 is 17.8 Å². The van der Waals surface area contributed by atoms with Crippen LogP contribution in [0.4, 0.5) is 0 Å². The predicted molar refractivity (Wildman–Crippen MR) is 60.5 cm³/mol. The standard InChI is InChI=1S/C10H18N2O6/c1-5(2)18-10(17)7(4-13)12-9(16)6(11)3-8(14)15/h5-7,13H,3-4,11H2,1-2H3,(H,12,16)(H,14,15)/t6-,7+/m1/s1. The second kappa shape index (κ2) is 7.62. The third-order valence-corrected chi connectivity index (χ3v) is 1.87. The Balaban J connectivity index is 4.40. The number of aliphatic hydroxyl groups excluding tert-OH is 1. The van der Waals surface area contributed by atoms with Crippen LogP contribution in [-0.2, 0) is 19.1 Å². The molecule has 0 heterocycles. The third-order valence-electron chi connectivity index (χ3n) is 1.87. The number of carbonyl (C=O) groups excluding carboxylic acids is 2. The van der Waals surface area contributed by atoms with Crippen molar-refractivity contribution in [2.24, 2.45) is 5.73 Å². The largest absolute Gasteiger partial charge is 0.481 e. The van der Waals surface area contributed by atoms with Gasteiger partial charge in [-0.25, -0.2) is 4.79 Å². The summed E-state index contributed by atoms with van der Waals surface area (Å²) in [5, 5.41) is 19.5. The molecule has 0 aliphatic rings. The van der Waals surface area contributed by atoms with Crippen LogP contribution in [0.25, 0.3) is 0 Å². The first-order valence-electron chi connectivity index (χ1n) is 5.37. The molecule has 0 saturated carbocycles. The maximum absolute atomic E-state index is 11.4. The summed E-state index contributed by atoms with van der Waals surface area (Å²) in [5.41, 5.74) is 5.30. The van der Waals surface area contributed by atoms with Crippen molar-refractivity contribution in [3.8, 4) is 0 Å². The fourth-order valence-corrected chi connectivity index (χ4v) is 1.05. The molecule has 0 aromatic carbocycles. The van der Waals surface area contributed by atoms with Gasteiger partial charge in [-0.1, -0.05) is 0 Å². The number of hydrogen-bond acceptors (Lipinski definition) is 6. The molecular formula is C10H18N2O6. The highest BCUT2D eigenvalue weighted by Crippen LogP contribution is 1.96. The van der Waals surface area contributed by atoms with Crippen LogP contribution >= 0.6 is 0 Å². The molecule has 0 aromatic rings. The van der Waals surface area contributed by atoms with E-state index in [0.717, 1.165) is 0 Å². The van der Waals surface area contributed by atoms with Crippen LogP contribution in [0, 0.1) is 0 Å². The number of carbonyl (C=O) groups is 3. The van der Waals surface area contributed by atoms with Gasteiger partial charge in [-0.2, -0.15) is 0 Å². The minimum Gasteiger partial charge on any atom is -0.481 e. The molecule has 104 valence electrons. The zero-order valence-electron chi connectivity index (χ0n) is 10.3. The van der Waals surface area contributed by atoms with Crippen molar-refractivity contribution in [1.82, 2.24) is 5.32 Å². The van der Waals surface area contributed by atoms with Crippen LogP contribution < -0.4 is 11.1 Å². The van der Waals surface area contributed by atoms with Crippen LogP contribution in [0.15, 0.2) is 0 Å². The normalized spacial score (nSPS) is 13.8. The molecule has 2 atom stereocenters. The van der Waals surface area contributed by atoms with Gasteiger partial charge in [0.1, 0.15) is 0 Å². The molecule has 5 N–H and O–H groups in total. The Kier molecular flexibility index (Phi) is 6.91. The SMILES string of the molecule is CC(C)OC(=O)[C@H](CO)NC(=O)[C@H](N)CC(=O)O. The van der Waals surface area contributed by atoms with Crippen LogP contribution in [0.1, 0.15) is 20.3 Å². The van der Waals surface area contributed by atoms with E-state index in [1.54, 1.807) is 13.8 Å². The number of nitrogens with two attached hydrogens (primary N) is 1. The molecule has 1 amide bonds. The lowest BCUT2D eigenvalue weighted by atomic mass is 10.2. The van der Waals surface area contributed by atoms with Crippen molar-refractivity contribution in [2.75, 3.05) is 6.61 Å². The highest BCUT2D eigenvalue weighted by atomic mass is 16.5. The molecule has 8 nitrogen and oxygen atoms in total. The molecule has 0 saturated heterocycles. The first-order valence-corrected chi connectivity index (χ1v) is 5.37. The van der Waals surface area contributed by atoms with Crippen LogP contribution in [-0.4, -0.2) is 52.9 Å². The van der Waals surface area contributed by atoms with E-state index in [1.807, 2.05) is 0 Å². The Bertz CT molecular complexity index is 317. The molecule has 0 radical (unpaired) electrons. The Labute approximate surface area is 104 Å². The van der Waals surface area contributed by atoms with Crippen LogP contribution in [0.2, 0.25) is 0 Å². The first kappa shape index (κ1) is 16.3. The summed E-state index contributed by atoms with van der Waals surface area (Å²) < 4.78 is 4.79. The number of esters is 1. The Hall–Kier alpha value is -1.67. The number of rotatable bonds is 7. The summed E-state index contributed by atoms with van der Waals surface area (Å²) >= 11 is 0. The van der Waals surface area contributed by atoms with Gasteiger partial charge in [-0.05, 0) is 13.8 Å². The summed E-state index contributed by atoms with van der Waals surface area (Å²) in [4.78, 5) is 33.2. The van der Waals surface area contributed by atoms with Gasteiger partial charge < -0.3 is 26.0 Å². The van der Waals surface area contributed by atoms with E-state index in [2.05, 4.69) is 5.32 Å². The fraction of sp³-hybridized carbons (Fsp3) is 0.700. The quantitative estimate of drug-likeness (QED) is 0.397. The summed E-state index contributed by atoms with van der Waals surface area (Å²) in [7, 11) is 0. The maximum atomic E-state index is 11.4. The summed E-state index contributed by atoms with van der Waals surface area (Å²) in [6, 6.07) is -2.54. The van der Waals surface area contributed by atoms with Crippen molar-refractivity contribution in [3.63, 3.8) is 0 Å². The van der Waals surface area contributed by atoms with Crippen LogP contribution in [0.5, 0.6) is 0 Å². The highest BCUT2D eigenvalue weighted by molar-refractivity contribution is 5.89. The zero-order chi connectivity index (χ0) is 14.3. The van der Waals surface area contributed by atoms with Crippen molar-refractivity contribution in [2.45, 2.75) is 38.5 Å². The Morgan fingerprint density at radius 2 is 1.89 bits per heavy atom. The smallest absolute Gasteiger partial charge is 0.331 e. The number of carboxylic acid groups (broad SMARTS) is 1. The maximum Gasteiger partial charge on any atom is 0.331 e. The van der Waals surface area contributed by atoms with Gasteiger partial charge in [0, 0.05) is 0 Å².